The number of carbonyl (C=O) groups excluding carboxylic acids is 3. The van der Waals surface area contributed by atoms with Crippen molar-refractivity contribution < 1.29 is 24.1 Å². The van der Waals surface area contributed by atoms with Gasteiger partial charge in [-0.25, -0.2) is 19.6 Å². The van der Waals surface area contributed by atoms with E-state index < -0.39 is 23.8 Å². The zero-order valence-electron chi connectivity index (χ0n) is 23.1. The number of nitrogens with one attached hydrogen (secondary N) is 4. The van der Waals surface area contributed by atoms with Gasteiger partial charge in [0.05, 0.1) is 0 Å². The van der Waals surface area contributed by atoms with E-state index in [1.807, 2.05) is 0 Å². The Balaban J connectivity index is 1.12. The first-order chi connectivity index (χ1) is 20.2. The maximum Gasteiger partial charge on any atom is 0.437 e. The SMILES string of the molecule is Nc1nc(N)c(C(=O)N(OC(=O)N2C3CCC2CC2(CNCN2)C3)OC(=O)N2C3CCC2CC2(CNCN2)C3)nc1Cl. The molecule has 4 atom stereocenters. The minimum absolute atomic E-state index is 0.0794. The number of hydroxylamine groups is 2. The molecule has 8 N–H and O–H groups in total. The van der Waals surface area contributed by atoms with Crippen molar-refractivity contribution in [2.45, 2.75) is 86.6 Å². The molecule has 6 fully saturated rings. The van der Waals surface area contributed by atoms with Gasteiger partial charge in [0.2, 0.25) is 0 Å². The van der Waals surface area contributed by atoms with Crippen LogP contribution < -0.4 is 32.7 Å². The first-order valence-electron chi connectivity index (χ1n) is 14.5. The van der Waals surface area contributed by atoms with Gasteiger partial charge < -0.3 is 31.9 Å². The summed E-state index contributed by atoms with van der Waals surface area (Å²) in [6, 6.07) is -0.356. The van der Waals surface area contributed by atoms with E-state index >= 15 is 0 Å². The number of nitrogens with two attached hydrogens (primary N) is 2. The van der Waals surface area contributed by atoms with Crippen LogP contribution in [0.1, 0.15) is 61.9 Å². The highest BCUT2D eigenvalue weighted by Gasteiger charge is 2.54. The zero-order chi connectivity index (χ0) is 29.2. The molecule has 6 saturated heterocycles. The van der Waals surface area contributed by atoms with Crippen molar-refractivity contribution in [3.8, 4) is 0 Å². The summed E-state index contributed by atoms with van der Waals surface area (Å²) in [6.45, 7) is 3.10. The van der Waals surface area contributed by atoms with Crippen LogP contribution in [0, 0.1) is 0 Å². The van der Waals surface area contributed by atoms with Crippen molar-refractivity contribution in [2.75, 3.05) is 37.9 Å². The Bertz CT molecular complexity index is 1200. The fraction of sp³-hybridized carbons (Fsp3) is 0.720. The molecule has 4 unspecified atom stereocenters. The third-order valence-electron chi connectivity index (χ3n) is 9.87. The first kappa shape index (κ1) is 27.6. The number of hydrogen-bond acceptors (Lipinski definition) is 13. The minimum Gasteiger partial charge on any atom is -0.382 e. The molecule has 0 radical (unpaired) electrons. The first-order valence-corrected chi connectivity index (χ1v) is 14.9. The second kappa shape index (κ2) is 10.2. The summed E-state index contributed by atoms with van der Waals surface area (Å²) in [4.78, 5) is 63.1. The molecule has 6 aliphatic rings. The van der Waals surface area contributed by atoms with Gasteiger partial charge in [0, 0.05) is 66.9 Å². The molecule has 228 valence electrons. The van der Waals surface area contributed by atoms with Crippen LogP contribution in [0.25, 0.3) is 0 Å². The smallest absolute Gasteiger partial charge is 0.382 e. The zero-order valence-corrected chi connectivity index (χ0v) is 23.9. The molecule has 0 saturated carbocycles. The average Bonchev–Trinajstić information content (AvgIpc) is 3.71. The molecule has 0 aromatic carbocycles. The number of piperidine rings is 2. The minimum atomic E-state index is -1.10. The molecule has 2 spiro atoms. The van der Waals surface area contributed by atoms with Gasteiger partial charge >= 0.3 is 18.1 Å². The van der Waals surface area contributed by atoms with E-state index in [1.165, 1.54) is 0 Å². The van der Waals surface area contributed by atoms with Crippen molar-refractivity contribution in [1.29, 1.82) is 0 Å². The van der Waals surface area contributed by atoms with E-state index in [2.05, 4.69) is 31.2 Å². The summed E-state index contributed by atoms with van der Waals surface area (Å²) < 4.78 is 0. The van der Waals surface area contributed by atoms with E-state index in [-0.39, 0.29) is 57.3 Å². The standard InChI is InChI=1S/C25H36ClN11O5/c26-18-20(28)34-19(27)17(33-18)21(38)37(41-22(39)35-13-1-2-14(35)6-24(5-13)9-29-11-31-24)42-23(40)36-15-3-4-16(36)8-25(7-15)10-30-12-32-25/h13-16,29-32H,1-12H2,(H4,27,28,34). The maximum atomic E-state index is 13.6. The quantitative estimate of drug-likeness (QED) is 0.231. The van der Waals surface area contributed by atoms with Crippen LogP contribution in [-0.2, 0) is 9.68 Å². The Morgan fingerprint density at radius 3 is 1.64 bits per heavy atom. The van der Waals surface area contributed by atoms with E-state index in [0.29, 0.717) is 0 Å². The highest BCUT2D eigenvalue weighted by molar-refractivity contribution is 6.31. The van der Waals surface area contributed by atoms with Gasteiger partial charge in [0.1, 0.15) is 0 Å². The molecule has 4 bridgehead atoms. The molecular formula is C25H36ClN11O5. The number of nitrogen functional groups attached to an aromatic ring is 2. The highest BCUT2D eigenvalue weighted by atomic mass is 35.5. The van der Waals surface area contributed by atoms with E-state index in [1.54, 1.807) is 9.80 Å². The second-order valence-corrected chi connectivity index (χ2v) is 12.8. The number of carbonyl (C=O) groups is 3. The fourth-order valence-corrected chi connectivity index (χ4v) is 8.25. The van der Waals surface area contributed by atoms with Crippen molar-refractivity contribution >= 4 is 41.3 Å². The third-order valence-corrected chi connectivity index (χ3v) is 10.1. The Morgan fingerprint density at radius 2 is 1.24 bits per heavy atom. The Kier molecular flexibility index (Phi) is 6.73. The van der Waals surface area contributed by atoms with Crippen LogP contribution in [0.3, 0.4) is 0 Å². The lowest BCUT2D eigenvalue weighted by Crippen LogP contribution is -2.60. The van der Waals surface area contributed by atoms with Crippen LogP contribution >= 0.6 is 11.6 Å². The Hall–Kier alpha value is -3.18. The van der Waals surface area contributed by atoms with Crippen LogP contribution in [0.4, 0.5) is 21.2 Å². The molecule has 1 aromatic rings. The van der Waals surface area contributed by atoms with Crippen molar-refractivity contribution in [1.82, 2.24) is 46.3 Å². The molecular weight excluding hydrogens is 570 g/mol. The van der Waals surface area contributed by atoms with E-state index in [0.717, 1.165) is 77.8 Å². The third kappa shape index (κ3) is 4.65. The predicted octanol–water partition coefficient (Wildman–Crippen LogP) is -0.128. The lowest BCUT2D eigenvalue weighted by atomic mass is 9.84. The summed E-state index contributed by atoms with van der Waals surface area (Å²) in [5.41, 5.74) is 11.0. The number of halogens is 1. The van der Waals surface area contributed by atoms with Crippen molar-refractivity contribution in [3.05, 3.63) is 10.8 Å². The van der Waals surface area contributed by atoms with Crippen LogP contribution in [-0.4, -0.2) is 105 Å². The summed E-state index contributed by atoms with van der Waals surface area (Å²) >= 11 is 6.02. The summed E-state index contributed by atoms with van der Waals surface area (Å²) in [6.07, 6.45) is 4.63. The summed E-state index contributed by atoms with van der Waals surface area (Å²) in [7, 11) is 0. The van der Waals surface area contributed by atoms with Gasteiger partial charge in [-0.2, -0.15) is 0 Å². The number of anilines is 2. The monoisotopic (exact) mass is 605 g/mol. The van der Waals surface area contributed by atoms with Crippen molar-refractivity contribution in [3.63, 3.8) is 0 Å². The number of amides is 3. The number of rotatable bonds is 1. The van der Waals surface area contributed by atoms with Gasteiger partial charge in [0.25, 0.3) is 0 Å². The lowest BCUT2D eigenvalue weighted by molar-refractivity contribution is -0.266. The van der Waals surface area contributed by atoms with Gasteiger partial charge in [-0.1, -0.05) is 11.6 Å². The van der Waals surface area contributed by atoms with Gasteiger partial charge in [-0.3, -0.25) is 25.1 Å². The van der Waals surface area contributed by atoms with Crippen molar-refractivity contribution in [2.24, 2.45) is 0 Å². The van der Waals surface area contributed by atoms with Gasteiger partial charge in [-0.15, -0.1) is 0 Å². The molecule has 7 heterocycles. The molecule has 6 aliphatic heterocycles. The van der Waals surface area contributed by atoms with Gasteiger partial charge in [-0.05, 0) is 51.4 Å². The number of fused-ring (bicyclic) bond motifs is 4. The Labute approximate surface area is 247 Å². The molecule has 42 heavy (non-hydrogen) atoms. The molecule has 7 rings (SSSR count). The number of aromatic nitrogens is 2. The highest BCUT2D eigenvalue weighted by Crippen LogP contribution is 2.43. The molecule has 16 nitrogen and oxygen atoms in total. The normalized spacial score (nSPS) is 34.8. The molecule has 1 aromatic heterocycles. The topological polar surface area (TPSA) is 205 Å². The summed E-state index contributed by atoms with van der Waals surface area (Å²) in [5.74, 6) is -1.62. The predicted molar refractivity (Wildman–Crippen MR) is 148 cm³/mol. The second-order valence-electron chi connectivity index (χ2n) is 12.4. The molecule has 17 heteroatoms. The molecule has 0 aliphatic carbocycles. The largest absolute Gasteiger partial charge is 0.437 e. The van der Waals surface area contributed by atoms with E-state index in [9.17, 15) is 14.4 Å². The van der Waals surface area contributed by atoms with Crippen LogP contribution in [0.2, 0.25) is 5.15 Å². The summed E-state index contributed by atoms with van der Waals surface area (Å²) in [5, 5.41) is 13.8. The lowest BCUT2D eigenvalue weighted by Gasteiger charge is -2.44. The average molecular weight is 606 g/mol. The van der Waals surface area contributed by atoms with Gasteiger partial charge in [0.15, 0.2) is 22.5 Å². The van der Waals surface area contributed by atoms with Crippen LogP contribution in [0.15, 0.2) is 0 Å². The fourth-order valence-electron chi connectivity index (χ4n) is 8.12. The number of hydrogen-bond donors (Lipinski definition) is 6. The van der Waals surface area contributed by atoms with Crippen LogP contribution in [0.5, 0.6) is 0 Å². The van der Waals surface area contributed by atoms with E-state index in [4.69, 9.17) is 32.7 Å². The maximum absolute atomic E-state index is 13.6. The Morgan fingerprint density at radius 1 is 0.786 bits per heavy atom. The number of nitrogens with zero attached hydrogens (tertiary/aromatic N) is 5. The molecule has 3 amide bonds.